The molecule has 0 radical (unpaired) electrons. The summed E-state index contributed by atoms with van der Waals surface area (Å²) in [5.41, 5.74) is -4.00. The molecule has 44 heavy (non-hydrogen) atoms. The molecule has 0 unspecified atom stereocenters. The molecule has 0 aliphatic rings. The average molecular weight is 641 g/mol. The van der Waals surface area contributed by atoms with Crippen LogP contribution in [0.1, 0.15) is 0 Å². The number of nitrogens with two attached hydrogens (primary N) is 3. The number of para-hydroxylation sites is 3. The van der Waals surface area contributed by atoms with E-state index in [1.807, 2.05) is 0 Å². The summed E-state index contributed by atoms with van der Waals surface area (Å²) < 4.78 is 44.9. The lowest BCUT2D eigenvalue weighted by Gasteiger charge is -2.29. The number of anilines is 3. The summed E-state index contributed by atoms with van der Waals surface area (Å²) in [6.45, 7) is 0. The second-order valence-electron chi connectivity index (χ2n) is 7.92. The fourth-order valence-electron chi connectivity index (χ4n) is 3.62. The van der Waals surface area contributed by atoms with E-state index in [0.717, 1.165) is 39.5 Å². The van der Waals surface area contributed by atoms with Gasteiger partial charge in [-0.05, 0) is 18.2 Å². The number of ether oxygens (including phenoxy) is 3. The van der Waals surface area contributed by atoms with Crippen molar-refractivity contribution in [2.24, 2.45) is 17.5 Å². The third kappa shape index (κ3) is 6.99. The lowest BCUT2D eigenvalue weighted by Crippen LogP contribution is -2.39. The number of nitrogens with zero attached hydrogens (tertiary/aromatic N) is 6. The van der Waals surface area contributed by atoms with E-state index < -0.39 is 56.7 Å². The molecule has 0 aromatic heterocycles. The van der Waals surface area contributed by atoms with Crippen molar-refractivity contribution in [3.05, 3.63) is 84.9 Å². The minimum Gasteiger partial charge on any atom is -0.494 e. The summed E-state index contributed by atoms with van der Waals surface area (Å²) in [5.74, 6) is 16.9. The second-order valence-corrected chi connectivity index (χ2v) is 9.31. The maximum Gasteiger partial charge on any atom is 0.543 e. The molecule has 0 saturated heterocycles. The first-order valence-electron chi connectivity index (χ1n) is 11.6. The van der Waals surface area contributed by atoms with E-state index in [0.29, 0.717) is 0 Å². The molecule has 6 N–H and O–H groups in total. The zero-order valence-corrected chi connectivity index (χ0v) is 23.8. The van der Waals surface area contributed by atoms with Gasteiger partial charge in [-0.25, -0.2) is 22.1 Å². The first-order valence-corrected chi connectivity index (χ1v) is 13.0. The molecule has 3 aromatic rings. The summed E-state index contributed by atoms with van der Waals surface area (Å²) in [4.78, 5) is 32.5. The summed E-state index contributed by atoms with van der Waals surface area (Å²) in [5, 5.41) is 35.3. The summed E-state index contributed by atoms with van der Waals surface area (Å²) in [7, 11) is -2.16. The Morgan fingerprint density at radius 1 is 0.568 bits per heavy atom. The Bertz CT molecular complexity index is 1430. The molecule has 0 amide bonds. The molecule has 0 atom stereocenters. The van der Waals surface area contributed by atoms with Crippen molar-refractivity contribution in [3.8, 4) is 17.2 Å². The van der Waals surface area contributed by atoms with Crippen LogP contribution in [0.5, 0.6) is 17.2 Å². The number of phosphoric acid groups is 1. The highest BCUT2D eigenvalue weighted by Crippen LogP contribution is 2.55. The van der Waals surface area contributed by atoms with Crippen LogP contribution in [-0.2, 0) is 18.4 Å². The third-order valence-corrected chi connectivity index (χ3v) is 6.54. The number of rotatable bonds is 15. The molecule has 236 valence electrons. The fraction of sp³-hybridized carbons (Fsp3) is 0.143. The van der Waals surface area contributed by atoms with Gasteiger partial charge in [0.15, 0.2) is 17.2 Å². The Hall–Kier alpha value is -5.35. The number of hydrogen-bond acceptors (Lipinski definition) is 19. The predicted molar refractivity (Wildman–Crippen MR) is 150 cm³/mol. The topological polar surface area (TPSA) is 290 Å². The molecule has 0 heterocycles. The van der Waals surface area contributed by atoms with Crippen molar-refractivity contribution < 1.29 is 47.4 Å². The summed E-state index contributed by atoms with van der Waals surface area (Å²) in [6, 6.07) is 10.4. The van der Waals surface area contributed by atoms with Crippen molar-refractivity contribution in [2.75, 3.05) is 36.8 Å². The van der Waals surface area contributed by atoms with Crippen LogP contribution in [0.15, 0.2) is 54.6 Å². The Kier molecular flexibility index (Phi) is 10.4. The van der Waals surface area contributed by atoms with Crippen molar-refractivity contribution in [3.63, 3.8) is 0 Å². The van der Waals surface area contributed by atoms with Gasteiger partial charge in [0.25, 0.3) is 17.1 Å². The minimum absolute atomic E-state index is 0.0622. The monoisotopic (exact) mass is 641 g/mol. The van der Waals surface area contributed by atoms with Crippen molar-refractivity contribution in [2.45, 2.75) is 0 Å². The van der Waals surface area contributed by atoms with E-state index in [2.05, 4.69) is 0 Å². The predicted octanol–water partition coefficient (Wildman–Crippen LogP) is 2.78. The third-order valence-electron chi connectivity index (χ3n) is 5.41. The van der Waals surface area contributed by atoms with E-state index in [1.54, 1.807) is 0 Å². The van der Waals surface area contributed by atoms with Gasteiger partial charge in [-0.1, -0.05) is 18.2 Å². The Morgan fingerprint density at radius 2 is 0.818 bits per heavy atom. The van der Waals surface area contributed by atoms with Gasteiger partial charge in [-0.2, -0.15) is 15.5 Å². The quantitative estimate of drug-likeness (QED) is 0.0929. The molecule has 22 nitrogen and oxygen atoms in total. The summed E-state index contributed by atoms with van der Waals surface area (Å²) >= 11 is 0. The van der Waals surface area contributed by atoms with Gasteiger partial charge in [0.05, 0.1) is 36.1 Å². The van der Waals surface area contributed by atoms with Gasteiger partial charge in [0, 0.05) is 18.2 Å². The lowest BCUT2D eigenvalue weighted by molar-refractivity contribution is -0.384. The van der Waals surface area contributed by atoms with E-state index in [1.165, 1.54) is 36.4 Å². The molecular formula is C21H24N9O13P. The maximum atomic E-state index is 14.1. The largest absolute Gasteiger partial charge is 0.543 e. The zero-order chi connectivity index (χ0) is 32.8. The van der Waals surface area contributed by atoms with Gasteiger partial charge in [0.2, 0.25) is 17.1 Å². The van der Waals surface area contributed by atoms with Crippen LogP contribution < -0.4 is 47.3 Å². The maximum absolute atomic E-state index is 14.1. The van der Waals surface area contributed by atoms with Crippen LogP contribution in [0.4, 0.5) is 34.1 Å². The normalized spacial score (nSPS) is 11.0. The highest BCUT2D eigenvalue weighted by Gasteiger charge is 2.42. The van der Waals surface area contributed by atoms with Crippen molar-refractivity contribution >= 4 is 41.9 Å². The molecule has 0 aliphatic heterocycles. The van der Waals surface area contributed by atoms with E-state index in [4.69, 9.17) is 45.6 Å². The number of nitro benzene ring substituents is 3. The number of benzene rings is 3. The van der Waals surface area contributed by atoms with Crippen LogP contribution in [0.25, 0.3) is 0 Å². The number of hydrazine groups is 3. The molecule has 0 fully saturated rings. The minimum atomic E-state index is -5.56. The van der Waals surface area contributed by atoms with Gasteiger partial charge in [-0.3, -0.25) is 30.3 Å². The van der Waals surface area contributed by atoms with Gasteiger partial charge >= 0.3 is 7.82 Å². The molecule has 23 heteroatoms. The van der Waals surface area contributed by atoms with Crippen molar-refractivity contribution in [1.29, 1.82) is 0 Å². The van der Waals surface area contributed by atoms with Crippen LogP contribution in [0.2, 0.25) is 0 Å². The molecule has 0 aliphatic carbocycles. The molecule has 0 bridgehead atoms. The molecular weight excluding hydrogens is 617 g/mol. The average Bonchev–Trinajstić information content (AvgIpc) is 2.98. The Balaban J connectivity index is 2.17. The van der Waals surface area contributed by atoms with E-state index in [-0.39, 0.29) is 32.8 Å². The molecule has 3 rings (SSSR count). The fourth-order valence-corrected chi connectivity index (χ4v) is 4.60. The number of methoxy groups -OCH3 is 3. The molecule has 0 saturated carbocycles. The van der Waals surface area contributed by atoms with Crippen LogP contribution in [0, 0.1) is 30.3 Å². The Morgan fingerprint density at radius 3 is 1.02 bits per heavy atom. The van der Waals surface area contributed by atoms with Crippen LogP contribution >= 0.6 is 7.82 Å². The van der Waals surface area contributed by atoms with E-state index >= 15 is 0 Å². The standard InChI is InChI=1S/C21H24N9O13P/c1-38-16-10-4-7-13(28(31)32)19(16)25(22)41-44(37,42-26(23)20-14(29(33)34)8-5-11-17(20)39-2)43-27(24)21-15(30(35)36)9-6-12-18(21)40-3/h4-12H,22-24H2,1-3H3. The first kappa shape index (κ1) is 33.2. The smallest absolute Gasteiger partial charge is 0.494 e. The SMILES string of the molecule is COc1cccc([N+](=O)[O-])c1N(N)OP(=O)(ON(N)c1c(OC)cccc1[N+](=O)[O-])ON(N)c1c(OC)cccc1[N+](=O)[O-]. The van der Waals surface area contributed by atoms with Crippen molar-refractivity contribution in [1.82, 2.24) is 0 Å². The summed E-state index contributed by atoms with van der Waals surface area (Å²) in [6.07, 6.45) is 0. The second kappa shape index (κ2) is 13.7. The van der Waals surface area contributed by atoms with Crippen LogP contribution in [-0.4, -0.2) is 36.1 Å². The Labute approximate surface area is 246 Å². The van der Waals surface area contributed by atoms with Crippen LogP contribution in [0.3, 0.4) is 0 Å². The van der Waals surface area contributed by atoms with E-state index in [9.17, 15) is 34.9 Å². The first-order chi connectivity index (χ1) is 20.8. The number of hydrogen-bond donors (Lipinski definition) is 3. The number of nitro groups is 3. The van der Waals surface area contributed by atoms with Gasteiger partial charge < -0.3 is 14.2 Å². The zero-order valence-electron chi connectivity index (χ0n) is 22.9. The molecule has 3 aromatic carbocycles. The molecule has 0 spiro atoms. The lowest BCUT2D eigenvalue weighted by atomic mass is 10.2. The highest BCUT2D eigenvalue weighted by atomic mass is 31.2. The van der Waals surface area contributed by atoms with Gasteiger partial charge in [0.1, 0.15) is 0 Å². The highest BCUT2D eigenvalue weighted by molar-refractivity contribution is 7.48. The van der Waals surface area contributed by atoms with Gasteiger partial charge in [-0.15, -0.1) is 13.9 Å².